The van der Waals surface area contributed by atoms with Gasteiger partial charge in [-0.3, -0.25) is 0 Å². The summed E-state index contributed by atoms with van der Waals surface area (Å²) in [6, 6.07) is 0. The van der Waals surface area contributed by atoms with Gasteiger partial charge in [-0.2, -0.15) is 0 Å². The first-order valence-corrected chi connectivity index (χ1v) is 5.59. The molecule has 0 atom stereocenters. The van der Waals surface area contributed by atoms with E-state index in [4.69, 9.17) is 0 Å². The molecule has 2 aliphatic rings. The van der Waals surface area contributed by atoms with Crippen molar-refractivity contribution in [2.75, 3.05) is 0 Å². The van der Waals surface area contributed by atoms with E-state index in [1.807, 2.05) is 0 Å². The van der Waals surface area contributed by atoms with E-state index in [9.17, 15) is 0 Å². The zero-order valence-corrected chi connectivity index (χ0v) is 8.02. The summed E-state index contributed by atoms with van der Waals surface area (Å²) in [4.78, 5) is 0. The van der Waals surface area contributed by atoms with E-state index in [1.54, 1.807) is 0 Å². The first-order valence-electron chi connectivity index (χ1n) is 5.59. The molecule has 0 heteroatoms. The molecule has 68 valence electrons. The Morgan fingerprint density at radius 3 is 2.00 bits per heavy atom. The lowest BCUT2D eigenvalue weighted by molar-refractivity contribution is 0.275. The van der Waals surface area contributed by atoms with Crippen molar-refractivity contribution in [1.29, 1.82) is 0 Å². The first-order chi connectivity index (χ1) is 5.91. The molecule has 0 N–H and O–H groups in total. The topological polar surface area (TPSA) is 0 Å². The molecule has 0 unspecified atom stereocenters. The van der Waals surface area contributed by atoms with Gasteiger partial charge in [0.15, 0.2) is 0 Å². The van der Waals surface area contributed by atoms with Crippen LogP contribution in [-0.4, -0.2) is 0 Å². The maximum absolute atomic E-state index is 2.53. The lowest BCUT2D eigenvalue weighted by Crippen LogP contribution is -2.16. The average molecular weight is 164 g/mol. The van der Waals surface area contributed by atoms with Crippen LogP contribution >= 0.6 is 0 Å². The van der Waals surface area contributed by atoms with Crippen LogP contribution in [0.5, 0.6) is 0 Å². The van der Waals surface area contributed by atoms with Crippen molar-refractivity contribution in [2.24, 2.45) is 5.41 Å². The Balaban J connectivity index is 1.97. The number of allylic oxidation sites excluding steroid dienone is 2. The van der Waals surface area contributed by atoms with Gasteiger partial charge in [-0.25, -0.2) is 0 Å². The third-order valence-corrected chi connectivity index (χ3v) is 3.63. The average Bonchev–Trinajstić information content (AvgIpc) is 2.47. The highest BCUT2D eigenvalue weighted by molar-refractivity contribution is 5.06. The number of hydrogen-bond acceptors (Lipinski definition) is 0. The Bertz CT molecular complexity index is 159. The molecule has 0 amide bonds. The van der Waals surface area contributed by atoms with E-state index in [1.165, 1.54) is 57.8 Å². The van der Waals surface area contributed by atoms with Crippen LogP contribution < -0.4 is 0 Å². The van der Waals surface area contributed by atoms with E-state index in [2.05, 4.69) is 12.2 Å². The molecule has 12 heavy (non-hydrogen) atoms. The minimum Gasteiger partial charge on any atom is -0.0879 e. The molecular formula is C12H20. The molecular weight excluding hydrogens is 144 g/mol. The molecule has 0 aromatic carbocycles. The van der Waals surface area contributed by atoms with Gasteiger partial charge in [-0.05, 0) is 31.1 Å². The lowest BCUT2D eigenvalue weighted by Gasteiger charge is -2.29. The zero-order chi connectivity index (χ0) is 8.28. The zero-order valence-electron chi connectivity index (χ0n) is 8.02. The molecule has 0 nitrogen and oxygen atoms in total. The number of hydrogen-bond donors (Lipinski definition) is 0. The van der Waals surface area contributed by atoms with Crippen molar-refractivity contribution < 1.29 is 0 Å². The predicted molar refractivity (Wildman–Crippen MR) is 53.1 cm³/mol. The maximum Gasteiger partial charge on any atom is -0.0115 e. The van der Waals surface area contributed by atoms with E-state index in [0.717, 1.165) is 0 Å². The molecule has 0 bridgehead atoms. The molecule has 0 aliphatic heterocycles. The highest BCUT2D eigenvalue weighted by Crippen LogP contribution is 2.42. The van der Waals surface area contributed by atoms with Crippen LogP contribution in [0.1, 0.15) is 57.8 Å². The summed E-state index contributed by atoms with van der Waals surface area (Å²) in [5.41, 5.74) is 0.667. The van der Waals surface area contributed by atoms with Crippen LogP contribution in [0.4, 0.5) is 0 Å². The summed E-state index contributed by atoms with van der Waals surface area (Å²) in [6.45, 7) is 0. The third kappa shape index (κ3) is 1.73. The van der Waals surface area contributed by atoms with Crippen LogP contribution in [0.25, 0.3) is 0 Å². The van der Waals surface area contributed by atoms with E-state index in [0.29, 0.717) is 5.41 Å². The molecule has 0 saturated heterocycles. The highest BCUT2D eigenvalue weighted by Gasteiger charge is 2.29. The molecule has 0 aromatic heterocycles. The van der Waals surface area contributed by atoms with Gasteiger partial charge >= 0.3 is 0 Å². The Morgan fingerprint density at radius 1 is 0.750 bits per heavy atom. The van der Waals surface area contributed by atoms with Crippen molar-refractivity contribution in [2.45, 2.75) is 57.8 Å². The van der Waals surface area contributed by atoms with Crippen LogP contribution in [0.2, 0.25) is 0 Å². The van der Waals surface area contributed by atoms with Crippen LogP contribution in [-0.2, 0) is 0 Å². The quantitative estimate of drug-likeness (QED) is 0.473. The summed E-state index contributed by atoms with van der Waals surface area (Å²) in [5.74, 6) is 0. The van der Waals surface area contributed by atoms with Crippen molar-refractivity contribution in [3.63, 3.8) is 0 Å². The molecule has 0 radical (unpaired) electrons. The van der Waals surface area contributed by atoms with E-state index in [-0.39, 0.29) is 0 Å². The third-order valence-electron chi connectivity index (χ3n) is 3.63. The summed E-state index contributed by atoms with van der Waals surface area (Å²) in [7, 11) is 0. The van der Waals surface area contributed by atoms with Crippen molar-refractivity contribution >= 4 is 0 Å². The van der Waals surface area contributed by atoms with Crippen LogP contribution in [0, 0.1) is 5.41 Å². The highest BCUT2D eigenvalue weighted by atomic mass is 14.3. The molecule has 2 rings (SSSR count). The summed E-state index contributed by atoms with van der Waals surface area (Å²) in [5, 5.41) is 0. The monoisotopic (exact) mass is 164 g/mol. The summed E-state index contributed by atoms with van der Waals surface area (Å²) >= 11 is 0. The van der Waals surface area contributed by atoms with Crippen molar-refractivity contribution in [3.8, 4) is 0 Å². The van der Waals surface area contributed by atoms with Crippen molar-refractivity contribution in [3.05, 3.63) is 12.2 Å². The Hall–Kier alpha value is -0.260. The standard InChI is InChI=1S/C12H20/c1-2-4-8-12(9-5-3-1)10-6-7-11-12/h6,10H,1-5,7-9,11H2. The second-order valence-corrected chi connectivity index (χ2v) is 4.57. The summed E-state index contributed by atoms with van der Waals surface area (Å²) in [6.07, 6.45) is 18.1. The fourth-order valence-corrected chi connectivity index (χ4v) is 2.81. The first kappa shape index (κ1) is 8.34. The minimum atomic E-state index is 0.667. The number of rotatable bonds is 0. The second kappa shape index (κ2) is 3.64. The Morgan fingerprint density at radius 2 is 1.42 bits per heavy atom. The Kier molecular flexibility index (Phi) is 2.53. The minimum absolute atomic E-state index is 0.667. The predicted octanol–water partition coefficient (Wildman–Crippen LogP) is 4.07. The van der Waals surface area contributed by atoms with Gasteiger partial charge in [-0.1, -0.05) is 44.3 Å². The fraction of sp³-hybridized carbons (Fsp3) is 0.833. The largest absolute Gasteiger partial charge is 0.0879 e. The second-order valence-electron chi connectivity index (χ2n) is 4.57. The van der Waals surface area contributed by atoms with Gasteiger partial charge in [0.05, 0.1) is 0 Å². The van der Waals surface area contributed by atoms with Gasteiger partial charge in [0, 0.05) is 0 Å². The van der Waals surface area contributed by atoms with Gasteiger partial charge in [0.2, 0.25) is 0 Å². The van der Waals surface area contributed by atoms with Gasteiger partial charge in [0.1, 0.15) is 0 Å². The van der Waals surface area contributed by atoms with Gasteiger partial charge in [0.25, 0.3) is 0 Å². The fourth-order valence-electron chi connectivity index (χ4n) is 2.81. The van der Waals surface area contributed by atoms with E-state index >= 15 is 0 Å². The smallest absolute Gasteiger partial charge is 0.0115 e. The molecule has 0 heterocycles. The maximum atomic E-state index is 2.53. The molecule has 1 saturated carbocycles. The molecule has 1 fully saturated rings. The van der Waals surface area contributed by atoms with Gasteiger partial charge in [-0.15, -0.1) is 0 Å². The summed E-state index contributed by atoms with van der Waals surface area (Å²) < 4.78 is 0. The molecule has 2 aliphatic carbocycles. The van der Waals surface area contributed by atoms with E-state index < -0.39 is 0 Å². The SMILES string of the molecule is C1=CC2(CC1)CCCCCCC2. The van der Waals surface area contributed by atoms with Crippen LogP contribution in [0.3, 0.4) is 0 Å². The normalized spacial score (nSPS) is 28.7. The molecule has 1 spiro atoms. The van der Waals surface area contributed by atoms with Crippen LogP contribution in [0.15, 0.2) is 12.2 Å². The van der Waals surface area contributed by atoms with Crippen molar-refractivity contribution in [1.82, 2.24) is 0 Å². The van der Waals surface area contributed by atoms with Gasteiger partial charge < -0.3 is 0 Å². The molecule has 0 aromatic rings. The Labute approximate surface area is 76.1 Å². The lowest BCUT2D eigenvalue weighted by atomic mass is 9.76.